The van der Waals surface area contributed by atoms with Gasteiger partial charge in [-0.15, -0.1) is 0 Å². The summed E-state index contributed by atoms with van der Waals surface area (Å²) in [6.07, 6.45) is 0. The van der Waals surface area contributed by atoms with Crippen molar-refractivity contribution in [3.05, 3.63) is 23.8 Å². The van der Waals surface area contributed by atoms with Crippen LogP contribution in [0.5, 0.6) is 11.5 Å². The van der Waals surface area contributed by atoms with Crippen LogP contribution in [0.2, 0.25) is 0 Å². The van der Waals surface area contributed by atoms with Crippen LogP contribution < -0.4 is 0 Å². The first-order valence-electron chi connectivity index (χ1n) is 2.69. The maximum atomic E-state index is 8.85. The van der Waals surface area contributed by atoms with Crippen LogP contribution in [0, 0.1) is 95.0 Å². The van der Waals surface area contributed by atoms with Gasteiger partial charge >= 0.3 is 0 Å². The smallest absolute Gasteiger partial charge is 0.157 e. The number of hydrogen-bond acceptors (Lipinski definition) is 2. The summed E-state index contributed by atoms with van der Waals surface area (Å²) in [6.45, 7) is 1.85. The zero-order valence-corrected chi connectivity index (χ0v) is 15.8. The van der Waals surface area contributed by atoms with Crippen LogP contribution in [0.25, 0.3) is 0 Å². The third-order valence-electron chi connectivity index (χ3n) is 1.13. The molecule has 0 unspecified atom stereocenters. The van der Waals surface area contributed by atoms with E-state index in [2.05, 4.69) is 0 Å². The first kappa shape index (κ1) is 15.2. The van der Waals surface area contributed by atoms with Crippen LogP contribution in [0.15, 0.2) is 18.2 Å². The van der Waals surface area contributed by atoms with E-state index in [1.807, 2.05) is 6.92 Å². The van der Waals surface area contributed by atoms with Crippen molar-refractivity contribution in [1.82, 2.24) is 0 Å². The van der Waals surface area contributed by atoms with Crippen molar-refractivity contribution in [2.24, 2.45) is 0 Å². The Hall–Kier alpha value is 1.70. The van der Waals surface area contributed by atoms with E-state index in [9.17, 15) is 0 Å². The Labute approximate surface area is 137 Å². The van der Waals surface area contributed by atoms with E-state index in [0.29, 0.717) is 0 Å². The maximum Gasteiger partial charge on any atom is 0.157 e. The minimum absolute atomic E-state index is 0. The minimum Gasteiger partial charge on any atom is -0.504 e. The third kappa shape index (κ3) is 5.10. The molecule has 1 aromatic carbocycles. The average molecular weight is 578 g/mol. The topological polar surface area (TPSA) is 40.5 Å². The van der Waals surface area contributed by atoms with Crippen LogP contribution in [0.4, 0.5) is 0 Å². The summed E-state index contributed by atoms with van der Waals surface area (Å²) in [4.78, 5) is 0. The van der Waals surface area contributed by atoms with Gasteiger partial charge < -0.3 is 10.2 Å². The van der Waals surface area contributed by atoms with Gasteiger partial charge in [-0.2, -0.15) is 0 Å². The molecule has 0 aromatic heterocycles. The first-order chi connectivity index (χ1) is 4.20. The second-order valence-electron chi connectivity index (χ2n) is 1.99. The minimum atomic E-state index is -0.0689. The molecule has 4 heteroatoms. The zero-order chi connectivity index (χ0) is 6.85. The molecule has 1 aromatic rings. The molecule has 0 atom stereocenters. The van der Waals surface area contributed by atoms with Gasteiger partial charge in [-0.3, -0.25) is 0 Å². The molecule has 2 nitrogen and oxygen atoms in total. The van der Waals surface area contributed by atoms with E-state index in [1.54, 1.807) is 6.07 Å². The second-order valence-corrected chi connectivity index (χ2v) is 1.99. The molecule has 11 heavy (non-hydrogen) atoms. The van der Waals surface area contributed by atoms with E-state index in [-0.39, 0.29) is 99.6 Å². The summed E-state index contributed by atoms with van der Waals surface area (Å²) >= 11 is 0. The van der Waals surface area contributed by atoms with Crippen LogP contribution >= 0.6 is 0 Å². The standard InChI is InChI=1S/C7H8O2.2Ac/c1-5-2-3-6(8)7(9)4-5;;/h2-4,8-9H,1H3;;. The average Bonchev–Trinajstić information content (AvgIpc) is 1.80. The van der Waals surface area contributed by atoms with Crippen molar-refractivity contribution in [3.8, 4) is 11.5 Å². The zero-order valence-electron chi connectivity index (χ0n) is 6.28. The maximum absolute atomic E-state index is 8.85. The second kappa shape index (κ2) is 7.14. The fraction of sp³-hybridized carbons (Fsp3) is 0.143. The molecule has 0 amide bonds. The Morgan fingerprint density at radius 3 is 1.91 bits per heavy atom. The number of rotatable bonds is 0. The fourth-order valence-corrected chi connectivity index (χ4v) is 0.633. The summed E-state index contributed by atoms with van der Waals surface area (Å²) in [5, 5.41) is 17.6. The largest absolute Gasteiger partial charge is 0.504 e. The number of aromatic hydroxyl groups is 2. The Bertz CT molecular complexity index is 226. The van der Waals surface area contributed by atoms with Crippen molar-refractivity contribution >= 4 is 0 Å². The summed E-state index contributed by atoms with van der Waals surface area (Å²) in [5.74, 6) is -0.129. The van der Waals surface area contributed by atoms with Gasteiger partial charge in [0.15, 0.2) is 11.5 Å². The number of aryl methyl sites for hydroxylation is 1. The van der Waals surface area contributed by atoms with E-state index < -0.39 is 0 Å². The van der Waals surface area contributed by atoms with E-state index in [0.717, 1.165) is 5.56 Å². The molecule has 0 aliphatic carbocycles. The predicted octanol–water partition coefficient (Wildman–Crippen LogP) is 1.41. The van der Waals surface area contributed by atoms with Gasteiger partial charge in [0.1, 0.15) is 0 Å². The molecule has 0 bridgehead atoms. The number of phenols is 2. The molecule has 2 N–H and O–H groups in total. The van der Waals surface area contributed by atoms with Crippen LogP contribution in [0.3, 0.4) is 0 Å². The van der Waals surface area contributed by atoms with E-state index in [4.69, 9.17) is 10.2 Å². The van der Waals surface area contributed by atoms with Gasteiger partial charge in [0.25, 0.3) is 0 Å². The number of benzene rings is 1. The normalized spacial score (nSPS) is 7.73. The third-order valence-corrected chi connectivity index (χ3v) is 1.13. The van der Waals surface area contributed by atoms with Crippen molar-refractivity contribution in [2.75, 3.05) is 0 Å². The Kier molecular flexibility index (Phi) is 9.86. The van der Waals surface area contributed by atoms with Crippen LogP contribution in [-0.4, -0.2) is 10.2 Å². The molecule has 54 valence electrons. The van der Waals surface area contributed by atoms with Crippen molar-refractivity contribution in [3.63, 3.8) is 0 Å². The Morgan fingerprint density at radius 2 is 1.55 bits per heavy atom. The molecule has 0 aliphatic rings. The summed E-state index contributed by atoms with van der Waals surface area (Å²) in [6, 6.07) is 4.70. The molecular weight excluding hydrogens is 570 g/mol. The van der Waals surface area contributed by atoms with Crippen LogP contribution in [-0.2, 0) is 0 Å². The first-order valence-corrected chi connectivity index (χ1v) is 2.69. The summed E-state index contributed by atoms with van der Waals surface area (Å²) in [5.41, 5.74) is 0.935. The van der Waals surface area contributed by atoms with Gasteiger partial charge in [0.05, 0.1) is 0 Å². The molecule has 0 aliphatic heterocycles. The molecule has 0 spiro atoms. The summed E-state index contributed by atoms with van der Waals surface area (Å²) < 4.78 is 0. The SMILES string of the molecule is Cc1ccc(O)c(O)c1.[Ac].[Ac]. The van der Waals surface area contributed by atoms with Gasteiger partial charge in [-0.05, 0) is 24.6 Å². The Morgan fingerprint density at radius 1 is 1.00 bits per heavy atom. The van der Waals surface area contributed by atoms with Gasteiger partial charge in [0.2, 0.25) is 0 Å². The monoisotopic (exact) mass is 578 g/mol. The van der Waals surface area contributed by atoms with Crippen molar-refractivity contribution in [2.45, 2.75) is 6.92 Å². The summed E-state index contributed by atoms with van der Waals surface area (Å²) in [7, 11) is 0. The molecule has 1 rings (SSSR count). The molecular formula is C7H8Ac2O2. The van der Waals surface area contributed by atoms with Gasteiger partial charge in [0, 0.05) is 88.1 Å². The molecule has 0 fully saturated rings. The van der Waals surface area contributed by atoms with Gasteiger partial charge in [-0.25, -0.2) is 0 Å². The number of phenolic OH excluding ortho intramolecular Hbond substituents is 2. The fourth-order valence-electron chi connectivity index (χ4n) is 0.633. The van der Waals surface area contributed by atoms with Crippen LogP contribution in [0.1, 0.15) is 5.56 Å². The molecule has 0 saturated heterocycles. The van der Waals surface area contributed by atoms with E-state index >= 15 is 0 Å². The Balaban J connectivity index is 0. The number of hydrogen-bond donors (Lipinski definition) is 2. The molecule has 2 radical (unpaired) electrons. The van der Waals surface area contributed by atoms with E-state index in [1.165, 1.54) is 12.1 Å². The molecule has 0 heterocycles. The van der Waals surface area contributed by atoms with Crippen molar-refractivity contribution in [1.29, 1.82) is 0 Å². The van der Waals surface area contributed by atoms with Gasteiger partial charge in [-0.1, -0.05) is 6.07 Å². The molecule has 0 saturated carbocycles. The quantitative estimate of drug-likeness (QED) is 0.458. The predicted molar refractivity (Wildman–Crippen MR) is 34.5 cm³/mol. The van der Waals surface area contributed by atoms with Crippen molar-refractivity contribution < 1.29 is 98.3 Å².